The zero-order valence-corrected chi connectivity index (χ0v) is 15.8. The fourth-order valence-electron chi connectivity index (χ4n) is 2.31. The minimum absolute atomic E-state index is 0.0634. The highest BCUT2D eigenvalue weighted by molar-refractivity contribution is 6.06. The fourth-order valence-corrected chi connectivity index (χ4v) is 2.31. The van der Waals surface area contributed by atoms with Crippen molar-refractivity contribution >= 4 is 23.2 Å². The number of aryl methyl sites for hydroxylation is 1. The molecule has 0 atom stereocenters. The summed E-state index contributed by atoms with van der Waals surface area (Å²) in [5.74, 6) is 0.303. The van der Waals surface area contributed by atoms with Gasteiger partial charge in [-0.1, -0.05) is 17.7 Å². The van der Waals surface area contributed by atoms with Crippen LogP contribution in [0.5, 0.6) is 11.5 Å². The molecule has 2 aromatic carbocycles. The van der Waals surface area contributed by atoms with Gasteiger partial charge in [-0.2, -0.15) is 5.10 Å². The van der Waals surface area contributed by atoms with Crippen LogP contribution >= 0.6 is 0 Å². The first-order chi connectivity index (χ1) is 12.9. The molecule has 2 amide bonds. The van der Waals surface area contributed by atoms with Gasteiger partial charge in [-0.15, -0.1) is 0 Å². The first-order valence-electron chi connectivity index (χ1n) is 8.35. The molecule has 27 heavy (non-hydrogen) atoms. The van der Waals surface area contributed by atoms with Crippen molar-refractivity contribution in [3.05, 3.63) is 53.6 Å². The highest BCUT2D eigenvalue weighted by atomic mass is 16.5. The molecule has 0 aliphatic carbocycles. The zero-order valence-electron chi connectivity index (χ0n) is 15.8. The highest BCUT2D eigenvalue weighted by Gasteiger charge is 2.13. The number of hydrogen-bond donors (Lipinski definition) is 2. The summed E-state index contributed by atoms with van der Waals surface area (Å²) in [6.07, 6.45) is 0.0634. The minimum atomic E-state index is -0.437. The number of rotatable bonds is 7. The lowest BCUT2D eigenvalue weighted by atomic mass is 10.2. The Morgan fingerprint density at radius 1 is 1.04 bits per heavy atom. The van der Waals surface area contributed by atoms with E-state index >= 15 is 0 Å². The van der Waals surface area contributed by atoms with Crippen LogP contribution in [-0.2, 0) is 4.79 Å². The lowest BCUT2D eigenvalue weighted by Crippen LogP contribution is -2.22. The molecule has 0 unspecified atom stereocenters. The number of nitrogens with zero attached hydrogens (tertiary/aromatic N) is 1. The molecule has 0 bridgehead atoms. The number of hydrazone groups is 1. The molecule has 0 heterocycles. The van der Waals surface area contributed by atoms with E-state index in [-0.39, 0.29) is 12.3 Å². The molecular formula is C20H23N3O4. The summed E-state index contributed by atoms with van der Waals surface area (Å²) in [6, 6.07) is 12.3. The van der Waals surface area contributed by atoms with E-state index in [2.05, 4.69) is 15.8 Å². The number of carbonyl (C=O) groups is 2. The third-order valence-corrected chi connectivity index (χ3v) is 3.75. The molecule has 0 radical (unpaired) electrons. The van der Waals surface area contributed by atoms with Crippen LogP contribution in [0.25, 0.3) is 0 Å². The smallest absolute Gasteiger partial charge is 0.275 e. The molecule has 142 valence electrons. The summed E-state index contributed by atoms with van der Waals surface area (Å²) in [7, 11) is 3.00. The topological polar surface area (TPSA) is 89.0 Å². The van der Waals surface area contributed by atoms with Crippen LogP contribution in [-0.4, -0.2) is 31.7 Å². The molecule has 7 heteroatoms. The van der Waals surface area contributed by atoms with E-state index in [1.54, 1.807) is 25.1 Å². The van der Waals surface area contributed by atoms with Gasteiger partial charge >= 0.3 is 0 Å². The Hall–Kier alpha value is -3.35. The maximum Gasteiger partial charge on any atom is 0.275 e. The van der Waals surface area contributed by atoms with Crippen LogP contribution < -0.4 is 20.2 Å². The van der Waals surface area contributed by atoms with E-state index in [0.29, 0.717) is 28.5 Å². The average molecular weight is 369 g/mol. The molecule has 0 aliphatic heterocycles. The molecule has 2 rings (SSSR count). The van der Waals surface area contributed by atoms with Gasteiger partial charge < -0.3 is 14.8 Å². The molecule has 2 aromatic rings. The third kappa shape index (κ3) is 5.85. The van der Waals surface area contributed by atoms with Crippen LogP contribution in [0, 0.1) is 6.92 Å². The first kappa shape index (κ1) is 20.0. The van der Waals surface area contributed by atoms with Gasteiger partial charge in [0.15, 0.2) is 0 Å². The number of ether oxygens (including phenoxy) is 2. The maximum atomic E-state index is 12.3. The summed E-state index contributed by atoms with van der Waals surface area (Å²) < 4.78 is 10.3. The van der Waals surface area contributed by atoms with Crippen LogP contribution in [0.15, 0.2) is 47.6 Å². The SMILES string of the molecule is COc1ccc(C(=O)NN=C(C)CC(=O)Nc2ccc(C)cc2)c(OC)c1. The number of benzene rings is 2. The van der Waals surface area contributed by atoms with Crippen LogP contribution in [0.2, 0.25) is 0 Å². The maximum absolute atomic E-state index is 12.3. The van der Waals surface area contributed by atoms with Gasteiger partial charge in [0, 0.05) is 17.5 Å². The minimum Gasteiger partial charge on any atom is -0.497 e. The van der Waals surface area contributed by atoms with Gasteiger partial charge in [0.1, 0.15) is 11.5 Å². The van der Waals surface area contributed by atoms with E-state index in [1.165, 1.54) is 14.2 Å². The number of amides is 2. The van der Waals surface area contributed by atoms with Gasteiger partial charge in [0.05, 0.1) is 26.2 Å². The van der Waals surface area contributed by atoms with Crippen molar-refractivity contribution in [1.82, 2.24) is 5.43 Å². The predicted octanol–water partition coefficient (Wildman–Crippen LogP) is 3.15. The molecule has 0 saturated carbocycles. The van der Waals surface area contributed by atoms with Crippen molar-refractivity contribution in [3.8, 4) is 11.5 Å². The van der Waals surface area contributed by atoms with E-state index in [9.17, 15) is 9.59 Å². The summed E-state index contributed by atoms with van der Waals surface area (Å²) in [5.41, 5.74) is 5.05. The lowest BCUT2D eigenvalue weighted by molar-refractivity contribution is -0.115. The summed E-state index contributed by atoms with van der Waals surface area (Å²) in [5, 5.41) is 6.77. The van der Waals surface area contributed by atoms with Crippen molar-refractivity contribution in [2.24, 2.45) is 5.10 Å². The van der Waals surface area contributed by atoms with E-state index in [1.807, 2.05) is 31.2 Å². The Labute approximate surface area is 158 Å². The fraction of sp³-hybridized carbons (Fsp3) is 0.250. The predicted molar refractivity (Wildman–Crippen MR) is 105 cm³/mol. The summed E-state index contributed by atoms with van der Waals surface area (Å²) in [6.45, 7) is 3.64. The van der Waals surface area contributed by atoms with Crippen molar-refractivity contribution in [1.29, 1.82) is 0 Å². The Morgan fingerprint density at radius 2 is 1.74 bits per heavy atom. The Morgan fingerprint density at radius 3 is 2.37 bits per heavy atom. The van der Waals surface area contributed by atoms with Crippen molar-refractivity contribution in [2.45, 2.75) is 20.3 Å². The normalized spacial score (nSPS) is 10.9. The zero-order chi connectivity index (χ0) is 19.8. The Balaban J connectivity index is 1.95. The van der Waals surface area contributed by atoms with Crippen molar-refractivity contribution in [3.63, 3.8) is 0 Å². The van der Waals surface area contributed by atoms with E-state index < -0.39 is 5.91 Å². The molecule has 0 fully saturated rings. The van der Waals surface area contributed by atoms with Crippen molar-refractivity contribution in [2.75, 3.05) is 19.5 Å². The Kier molecular flexibility index (Phi) is 6.93. The molecular weight excluding hydrogens is 346 g/mol. The number of hydrogen-bond acceptors (Lipinski definition) is 5. The summed E-state index contributed by atoms with van der Waals surface area (Å²) >= 11 is 0. The van der Waals surface area contributed by atoms with Gasteiger partial charge in [-0.05, 0) is 38.1 Å². The second-order valence-corrected chi connectivity index (χ2v) is 5.95. The molecule has 7 nitrogen and oxygen atoms in total. The second-order valence-electron chi connectivity index (χ2n) is 5.95. The first-order valence-corrected chi connectivity index (χ1v) is 8.35. The number of nitrogens with one attached hydrogen (secondary N) is 2. The summed E-state index contributed by atoms with van der Waals surface area (Å²) in [4.78, 5) is 24.4. The van der Waals surface area contributed by atoms with Crippen LogP contribution in [0.3, 0.4) is 0 Å². The number of methoxy groups -OCH3 is 2. The monoisotopic (exact) mass is 369 g/mol. The molecule has 2 N–H and O–H groups in total. The second kappa shape index (κ2) is 9.38. The molecule has 0 aromatic heterocycles. The lowest BCUT2D eigenvalue weighted by Gasteiger charge is -2.09. The largest absolute Gasteiger partial charge is 0.497 e. The van der Waals surface area contributed by atoms with Crippen LogP contribution in [0.4, 0.5) is 5.69 Å². The third-order valence-electron chi connectivity index (χ3n) is 3.75. The number of anilines is 1. The van der Waals surface area contributed by atoms with E-state index in [4.69, 9.17) is 9.47 Å². The van der Waals surface area contributed by atoms with Gasteiger partial charge in [0.25, 0.3) is 5.91 Å². The van der Waals surface area contributed by atoms with Crippen molar-refractivity contribution < 1.29 is 19.1 Å². The quantitative estimate of drug-likeness (QED) is 0.580. The Bertz CT molecular complexity index is 845. The number of carbonyl (C=O) groups excluding carboxylic acids is 2. The molecule has 0 aliphatic rings. The van der Waals surface area contributed by atoms with Gasteiger partial charge in [-0.3, -0.25) is 9.59 Å². The van der Waals surface area contributed by atoms with E-state index in [0.717, 1.165) is 5.56 Å². The molecule has 0 spiro atoms. The average Bonchev–Trinajstić information content (AvgIpc) is 2.67. The van der Waals surface area contributed by atoms with Crippen LogP contribution in [0.1, 0.15) is 29.3 Å². The highest BCUT2D eigenvalue weighted by Crippen LogP contribution is 2.24. The standard InChI is InChI=1S/C20H23N3O4/c1-13-5-7-15(8-6-13)21-19(24)11-14(2)22-23-20(25)17-10-9-16(26-3)12-18(17)27-4/h5-10,12H,11H2,1-4H3,(H,21,24)(H,23,25). The molecule has 0 saturated heterocycles. The van der Waals surface area contributed by atoms with Gasteiger partial charge in [0.2, 0.25) is 5.91 Å². The van der Waals surface area contributed by atoms with Gasteiger partial charge in [-0.25, -0.2) is 5.43 Å².